The Kier molecular flexibility index (Phi) is 5.64. The van der Waals surface area contributed by atoms with Crippen molar-refractivity contribution < 1.29 is 4.39 Å². The fourth-order valence-corrected chi connectivity index (χ4v) is 2.85. The predicted octanol–water partition coefficient (Wildman–Crippen LogP) is 3.38. The molecule has 0 amide bonds. The summed E-state index contributed by atoms with van der Waals surface area (Å²) in [6, 6.07) is 4.86. The Morgan fingerprint density at radius 1 is 1.40 bits per heavy atom. The molecule has 0 spiro atoms. The molecule has 0 aliphatic heterocycles. The smallest absolute Gasteiger partial charge is 0.124 e. The second-order valence-electron chi connectivity index (χ2n) is 3.59. The molecule has 0 radical (unpaired) electrons. The minimum Gasteiger partial charge on any atom is -0.309 e. The molecule has 0 aliphatic rings. The van der Waals surface area contributed by atoms with E-state index in [0.717, 1.165) is 28.1 Å². The average Bonchev–Trinajstić information content (AvgIpc) is 2.14. The molecule has 0 saturated heterocycles. The fourth-order valence-electron chi connectivity index (χ4n) is 1.07. The van der Waals surface area contributed by atoms with Crippen molar-refractivity contribution in [3.05, 3.63) is 34.1 Å². The molecule has 0 atom stereocenters. The molecule has 1 nitrogen and oxygen atoms in total. The summed E-state index contributed by atoms with van der Waals surface area (Å²) >= 11 is 5.22. The number of hydrogen-bond acceptors (Lipinski definition) is 2. The molecule has 1 aromatic carbocycles. The summed E-state index contributed by atoms with van der Waals surface area (Å²) in [5.41, 5.74) is 1.15. The molecule has 0 heterocycles. The number of halogens is 2. The predicted molar refractivity (Wildman–Crippen MR) is 68.8 cm³/mol. The molecular formula is C11H15BrFNS. The second kappa shape index (κ2) is 6.51. The Morgan fingerprint density at radius 2 is 2.13 bits per heavy atom. The van der Waals surface area contributed by atoms with Crippen molar-refractivity contribution in [2.75, 3.05) is 26.4 Å². The molecule has 1 rings (SSSR count). The van der Waals surface area contributed by atoms with Gasteiger partial charge < -0.3 is 4.90 Å². The quantitative estimate of drug-likeness (QED) is 0.765. The number of nitrogens with zero attached hydrogens (tertiary/aromatic N) is 1. The van der Waals surface area contributed by atoms with E-state index in [1.54, 1.807) is 0 Å². The minimum atomic E-state index is -0.191. The van der Waals surface area contributed by atoms with Crippen molar-refractivity contribution in [1.82, 2.24) is 4.90 Å². The summed E-state index contributed by atoms with van der Waals surface area (Å²) in [4.78, 5) is 2.16. The highest BCUT2D eigenvalue weighted by atomic mass is 79.9. The normalized spacial score (nSPS) is 11.0. The van der Waals surface area contributed by atoms with Crippen LogP contribution in [-0.4, -0.2) is 31.3 Å². The summed E-state index contributed by atoms with van der Waals surface area (Å²) in [6.45, 7) is 1.07. The third kappa shape index (κ3) is 5.00. The van der Waals surface area contributed by atoms with Crippen LogP contribution in [0.1, 0.15) is 5.56 Å². The van der Waals surface area contributed by atoms with E-state index in [0.29, 0.717) is 0 Å². The fraction of sp³-hybridized carbons (Fsp3) is 0.455. The maximum Gasteiger partial charge on any atom is 0.124 e. The van der Waals surface area contributed by atoms with Crippen LogP contribution >= 0.6 is 27.7 Å². The first kappa shape index (κ1) is 13.0. The Morgan fingerprint density at radius 3 is 2.73 bits per heavy atom. The maximum absolute atomic E-state index is 12.8. The van der Waals surface area contributed by atoms with Crippen LogP contribution in [0.5, 0.6) is 0 Å². The molecule has 15 heavy (non-hydrogen) atoms. The van der Waals surface area contributed by atoms with Crippen LogP contribution in [0.4, 0.5) is 4.39 Å². The molecule has 0 fully saturated rings. The number of benzene rings is 1. The largest absolute Gasteiger partial charge is 0.309 e. The SMILES string of the molecule is CN(C)CCSCc1ccc(F)cc1Br. The Balaban J connectivity index is 2.37. The van der Waals surface area contributed by atoms with Gasteiger partial charge in [-0.3, -0.25) is 0 Å². The van der Waals surface area contributed by atoms with Crippen LogP contribution in [0.3, 0.4) is 0 Å². The van der Waals surface area contributed by atoms with E-state index in [1.807, 2.05) is 17.8 Å². The van der Waals surface area contributed by atoms with Crippen molar-refractivity contribution in [2.24, 2.45) is 0 Å². The van der Waals surface area contributed by atoms with Gasteiger partial charge in [0, 0.05) is 22.5 Å². The number of thioether (sulfide) groups is 1. The zero-order valence-corrected chi connectivity index (χ0v) is 11.4. The first-order chi connectivity index (χ1) is 7.09. The minimum absolute atomic E-state index is 0.191. The summed E-state index contributed by atoms with van der Waals surface area (Å²) in [7, 11) is 4.13. The molecule has 0 bridgehead atoms. The highest BCUT2D eigenvalue weighted by molar-refractivity contribution is 9.10. The summed E-state index contributed by atoms with van der Waals surface area (Å²) < 4.78 is 13.7. The molecule has 4 heteroatoms. The molecule has 0 aliphatic carbocycles. The zero-order valence-electron chi connectivity index (χ0n) is 8.96. The van der Waals surface area contributed by atoms with Gasteiger partial charge in [0.25, 0.3) is 0 Å². The highest BCUT2D eigenvalue weighted by Crippen LogP contribution is 2.22. The lowest BCUT2D eigenvalue weighted by Crippen LogP contribution is -2.14. The van der Waals surface area contributed by atoms with Crippen LogP contribution in [0.25, 0.3) is 0 Å². The Labute approximate surface area is 103 Å². The molecule has 0 unspecified atom stereocenters. The van der Waals surface area contributed by atoms with E-state index < -0.39 is 0 Å². The lowest BCUT2D eigenvalue weighted by atomic mass is 10.2. The molecule has 0 N–H and O–H groups in total. The Bertz CT molecular complexity index is 317. The molecule has 84 valence electrons. The lowest BCUT2D eigenvalue weighted by Gasteiger charge is -2.09. The summed E-state index contributed by atoms with van der Waals surface area (Å²) in [5, 5.41) is 0. The van der Waals surface area contributed by atoms with Gasteiger partial charge >= 0.3 is 0 Å². The van der Waals surface area contributed by atoms with Crippen molar-refractivity contribution in [1.29, 1.82) is 0 Å². The van der Waals surface area contributed by atoms with E-state index >= 15 is 0 Å². The van der Waals surface area contributed by atoms with Crippen molar-refractivity contribution in [3.8, 4) is 0 Å². The highest BCUT2D eigenvalue weighted by Gasteiger charge is 2.01. The van der Waals surface area contributed by atoms with Gasteiger partial charge in [0.2, 0.25) is 0 Å². The number of hydrogen-bond donors (Lipinski definition) is 0. The van der Waals surface area contributed by atoms with Gasteiger partial charge in [0.1, 0.15) is 5.82 Å². The average molecular weight is 292 g/mol. The van der Waals surface area contributed by atoms with E-state index in [1.165, 1.54) is 12.1 Å². The van der Waals surface area contributed by atoms with E-state index in [4.69, 9.17) is 0 Å². The van der Waals surface area contributed by atoms with Crippen molar-refractivity contribution >= 4 is 27.7 Å². The molecule has 1 aromatic rings. The monoisotopic (exact) mass is 291 g/mol. The van der Waals surface area contributed by atoms with Gasteiger partial charge in [-0.05, 0) is 31.8 Å². The second-order valence-corrected chi connectivity index (χ2v) is 5.55. The topological polar surface area (TPSA) is 3.24 Å². The van der Waals surface area contributed by atoms with Crippen molar-refractivity contribution in [3.63, 3.8) is 0 Å². The third-order valence-electron chi connectivity index (χ3n) is 1.96. The standard InChI is InChI=1S/C11H15BrFNS/c1-14(2)5-6-15-8-9-3-4-10(13)7-11(9)12/h3-4,7H,5-6,8H2,1-2H3. The molecule has 0 saturated carbocycles. The van der Waals surface area contributed by atoms with E-state index in [2.05, 4.69) is 34.9 Å². The van der Waals surface area contributed by atoms with Gasteiger partial charge in [0.05, 0.1) is 0 Å². The molecular weight excluding hydrogens is 277 g/mol. The lowest BCUT2D eigenvalue weighted by molar-refractivity contribution is 0.437. The van der Waals surface area contributed by atoms with Gasteiger partial charge in [-0.2, -0.15) is 11.8 Å². The van der Waals surface area contributed by atoms with Gasteiger partial charge in [-0.15, -0.1) is 0 Å². The molecule has 0 aromatic heterocycles. The summed E-state index contributed by atoms with van der Waals surface area (Å²) in [5.74, 6) is 1.83. The van der Waals surface area contributed by atoms with Gasteiger partial charge in [-0.1, -0.05) is 22.0 Å². The maximum atomic E-state index is 12.8. The van der Waals surface area contributed by atoms with Gasteiger partial charge in [-0.25, -0.2) is 4.39 Å². The van der Waals surface area contributed by atoms with Gasteiger partial charge in [0.15, 0.2) is 0 Å². The zero-order chi connectivity index (χ0) is 11.3. The third-order valence-corrected chi connectivity index (χ3v) is 3.68. The van der Waals surface area contributed by atoms with E-state index in [-0.39, 0.29) is 5.82 Å². The first-order valence-corrected chi connectivity index (χ1v) is 6.71. The first-order valence-electron chi connectivity index (χ1n) is 4.76. The van der Waals surface area contributed by atoms with Crippen LogP contribution in [0.2, 0.25) is 0 Å². The van der Waals surface area contributed by atoms with Crippen molar-refractivity contribution in [2.45, 2.75) is 5.75 Å². The number of rotatable bonds is 5. The Hall–Kier alpha value is -0.0600. The van der Waals surface area contributed by atoms with E-state index in [9.17, 15) is 4.39 Å². The van der Waals surface area contributed by atoms with Crippen LogP contribution in [0, 0.1) is 5.82 Å². The van der Waals surface area contributed by atoms with Crippen LogP contribution in [0.15, 0.2) is 22.7 Å². The van der Waals surface area contributed by atoms with Crippen LogP contribution < -0.4 is 0 Å². The van der Waals surface area contributed by atoms with Crippen LogP contribution in [-0.2, 0) is 5.75 Å². The summed E-state index contributed by atoms with van der Waals surface area (Å²) in [6.07, 6.45) is 0.